The predicted molar refractivity (Wildman–Crippen MR) is 161 cm³/mol. The van der Waals surface area contributed by atoms with Crippen LogP contribution in [0, 0.1) is 12.8 Å². The summed E-state index contributed by atoms with van der Waals surface area (Å²) in [7, 11) is 1.68. The van der Waals surface area contributed by atoms with Crippen LogP contribution in [-0.2, 0) is 39.1 Å². The number of rotatable bonds is 6. The van der Waals surface area contributed by atoms with Gasteiger partial charge < -0.3 is 9.72 Å². The summed E-state index contributed by atoms with van der Waals surface area (Å²) in [4.78, 5) is 10.7. The topological polar surface area (TPSA) is 41.1 Å². The molecule has 1 N–H and O–H groups in total. The first-order valence-electron chi connectivity index (χ1n) is 14.6. The van der Waals surface area contributed by atoms with Gasteiger partial charge in [0.1, 0.15) is 0 Å². The SMILES string of the molecule is CC.COc1ccc2c(n1)CCCC(c1ccccc1C)=C2c1ccc2[nH]c(CN3CC(CF)C3)cc2c1.[CH3][Hg]. The van der Waals surface area contributed by atoms with E-state index in [0.717, 1.165) is 76.2 Å². The monoisotopic (exact) mass is 728 g/mol. The minimum absolute atomic E-state index is 0.204. The summed E-state index contributed by atoms with van der Waals surface area (Å²) in [6.07, 6.45) is 2.98. The number of alkyl halides is 1. The van der Waals surface area contributed by atoms with Gasteiger partial charge in [-0.2, -0.15) is 0 Å². The fraction of sp³-hybridized carbons (Fsp3) is 0.382. The zero-order chi connectivity index (χ0) is 28.6. The van der Waals surface area contributed by atoms with Gasteiger partial charge in [0.2, 0.25) is 5.88 Å². The van der Waals surface area contributed by atoms with Crippen molar-refractivity contribution in [1.82, 2.24) is 14.9 Å². The number of aromatic nitrogens is 2. The molecule has 1 aliphatic heterocycles. The van der Waals surface area contributed by atoms with E-state index >= 15 is 0 Å². The molecular formula is C34H41FHgN3O. The Balaban J connectivity index is 0.000000886. The molecule has 0 atom stereocenters. The van der Waals surface area contributed by atoms with Crippen molar-refractivity contribution in [2.24, 2.45) is 5.92 Å². The van der Waals surface area contributed by atoms with Gasteiger partial charge in [0, 0.05) is 53.8 Å². The van der Waals surface area contributed by atoms with Crippen molar-refractivity contribution in [3.63, 3.8) is 0 Å². The molecule has 3 heterocycles. The van der Waals surface area contributed by atoms with Gasteiger partial charge in [-0.25, -0.2) is 4.98 Å². The number of nitrogens with zero attached hydrogens (tertiary/aromatic N) is 2. The Kier molecular flexibility index (Phi) is 11.0. The normalized spacial score (nSPS) is 15.3. The fourth-order valence-corrected chi connectivity index (χ4v) is 5.82. The number of aryl methyl sites for hydroxylation is 2. The molecule has 40 heavy (non-hydrogen) atoms. The first-order valence-corrected chi connectivity index (χ1v) is 20.1. The van der Waals surface area contributed by atoms with Gasteiger partial charge in [0.05, 0.1) is 19.5 Å². The standard InChI is InChI=1S/C31H32FN3O.C2H6.CH3.Hg/c1-20-6-3-4-7-25(20)26-8-5-9-29-27(11-13-30(34-29)36-2)31(26)22-10-12-28-23(14-22)15-24(33-28)19-35-17-21(16-32)18-35;1-2;;/h3-4,6-7,10-15,21,33H,5,8-9,16-19H2,1-2H3;1-2H3;1H3;. The molecule has 0 amide bonds. The number of fused-ring (bicyclic) bond motifs is 2. The van der Waals surface area contributed by atoms with Crippen LogP contribution in [0.4, 0.5) is 4.39 Å². The molecule has 4 nitrogen and oxygen atoms in total. The number of aromatic amines is 1. The van der Waals surface area contributed by atoms with E-state index in [1.54, 1.807) is 7.11 Å². The van der Waals surface area contributed by atoms with Crippen LogP contribution in [0.15, 0.2) is 60.7 Å². The van der Waals surface area contributed by atoms with E-state index in [9.17, 15) is 4.39 Å². The van der Waals surface area contributed by atoms with Gasteiger partial charge in [-0.05, 0) is 78.3 Å². The number of ether oxygens (including phenoxy) is 1. The van der Waals surface area contributed by atoms with Crippen molar-refractivity contribution in [3.8, 4) is 5.88 Å². The van der Waals surface area contributed by atoms with Gasteiger partial charge in [-0.1, -0.05) is 44.2 Å². The molecule has 2 aromatic carbocycles. The van der Waals surface area contributed by atoms with Crippen LogP contribution in [0.25, 0.3) is 22.0 Å². The van der Waals surface area contributed by atoms with E-state index in [4.69, 9.17) is 9.72 Å². The number of halogens is 1. The third kappa shape index (κ3) is 6.52. The number of hydrogen-bond donors (Lipinski definition) is 1. The van der Waals surface area contributed by atoms with Crippen molar-refractivity contribution in [1.29, 1.82) is 0 Å². The average molecular weight is 727 g/mol. The summed E-state index contributed by atoms with van der Waals surface area (Å²) in [5.74, 6) is 0.870. The van der Waals surface area contributed by atoms with Crippen molar-refractivity contribution in [3.05, 3.63) is 94.3 Å². The van der Waals surface area contributed by atoms with Crippen LogP contribution in [0.5, 0.6) is 5.88 Å². The number of nitrogens with one attached hydrogen (secondary N) is 1. The molecule has 0 spiro atoms. The van der Waals surface area contributed by atoms with Crippen LogP contribution in [-0.4, -0.2) is 41.7 Å². The molecule has 0 radical (unpaired) electrons. The Morgan fingerprint density at radius 1 is 1.00 bits per heavy atom. The number of H-pyrrole nitrogens is 1. The molecule has 1 fully saturated rings. The van der Waals surface area contributed by atoms with Crippen molar-refractivity contribution in [2.45, 2.75) is 51.0 Å². The van der Waals surface area contributed by atoms with Crippen molar-refractivity contribution < 1.29 is 35.2 Å². The summed E-state index contributed by atoms with van der Waals surface area (Å²) in [5, 5.41) is 1.20. The van der Waals surface area contributed by atoms with E-state index in [0.29, 0.717) is 5.88 Å². The van der Waals surface area contributed by atoms with E-state index in [1.807, 2.05) is 19.9 Å². The third-order valence-electron chi connectivity index (χ3n) is 7.65. The van der Waals surface area contributed by atoms with Crippen molar-refractivity contribution >= 4 is 22.0 Å². The molecule has 2 aliphatic rings. The molecule has 0 saturated carbocycles. The second-order valence-electron chi connectivity index (χ2n) is 10.2. The summed E-state index contributed by atoms with van der Waals surface area (Å²) in [6.45, 7) is 8.51. The van der Waals surface area contributed by atoms with Crippen molar-refractivity contribution in [2.75, 3.05) is 26.9 Å². The molecule has 0 bridgehead atoms. The summed E-state index contributed by atoms with van der Waals surface area (Å²) in [6, 6.07) is 21.8. The Bertz CT molecular complexity index is 1450. The third-order valence-corrected chi connectivity index (χ3v) is 7.65. The molecule has 6 rings (SSSR count). The number of methoxy groups -OCH3 is 1. The van der Waals surface area contributed by atoms with E-state index in [-0.39, 0.29) is 12.6 Å². The molecule has 0 unspecified atom stereocenters. The molecule has 4 aromatic rings. The van der Waals surface area contributed by atoms with Crippen LogP contribution >= 0.6 is 0 Å². The Hall–Kier alpha value is -2.50. The number of likely N-dealkylation sites (tertiary alicyclic amines) is 1. The Morgan fingerprint density at radius 2 is 1.77 bits per heavy atom. The molecule has 2 aromatic heterocycles. The van der Waals surface area contributed by atoms with Gasteiger partial charge in [0.15, 0.2) is 0 Å². The predicted octanol–water partition coefficient (Wildman–Crippen LogP) is 8.18. The quantitative estimate of drug-likeness (QED) is 0.204. The number of allylic oxidation sites excluding steroid dienone is 1. The van der Waals surface area contributed by atoms with Crippen LogP contribution in [0.2, 0.25) is 4.43 Å². The number of pyridine rings is 1. The first-order chi connectivity index (χ1) is 19.6. The maximum absolute atomic E-state index is 12.8. The summed E-state index contributed by atoms with van der Waals surface area (Å²) < 4.78 is 20.5. The summed E-state index contributed by atoms with van der Waals surface area (Å²) >= 11 is 1.03. The van der Waals surface area contributed by atoms with Crippen LogP contribution in [0.3, 0.4) is 0 Å². The number of hydrogen-bond acceptors (Lipinski definition) is 3. The second-order valence-corrected chi connectivity index (χ2v) is 10.2. The zero-order valence-corrected chi connectivity index (χ0v) is 30.2. The fourth-order valence-electron chi connectivity index (χ4n) is 5.82. The maximum atomic E-state index is 12.8. The van der Waals surface area contributed by atoms with Gasteiger partial charge in [-0.3, -0.25) is 9.29 Å². The van der Waals surface area contributed by atoms with Crippen LogP contribution < -0.4 is 4.74 Å². The number of benzene rings is 2. The van der Waals surface area contributed by atoms with E-state index < -0.39 is 0 Å². The zero-order valence-electron chi connectivity index (χ0n) is 24.7. The van der Waals surface area contributed by atoms with Gasteiger partial charge >= 0.3 is 30.6 Å². The molecule has 207 valence electrons. The van der Waals surface area contributed by atoms with Crippen LogP contribution in [0.1, 0.15) is 60.3 Å². The molecular weight excluding hydrogens is 686 g/mol. The molecule has 1 aliphatic carbocycles. The second kappa shape index (κ2) is 14.4. The Morgan fingerprint density at radius 3 is 2.50 bits per heavy atom. The summed E-state index contributed by atoms with van der Waals surface area (Å²) in [5.41, 5.74) is 11.1. The van der Waals surface area contributed by atoms with E-state index in [2.05, 4.69) is 75.8 Å². The van der Waals surface area contributed by atoms with Gasteiger partial charge in [0.25, 0.3) is 0 Å². The molecule has 1 saturated heterocycles. The van der Waals surface area contributed by atoms with Gasteiger partial charge in [-0.15, -0.1) is 0 Å². The molecule has 6 heteroatoms. The Labute approximate surface area is 255 Å². The van der Waals surface area contributed by atoms with E-state index in [1.165, 1.54) is 44.5 Å². The average Bonchev–Trinajstić information content (AvgIpc) is 3.29. The first kappa shape index (κ1) is 30.5. The minimum atomic E-state index is -0.215.